The minimum Gasteiger partial charge on any atom is -0.0854 e. The van der Waals surface area contributed by atoms with Gasteiger partial charge < -0.3 is 0 Å². The molecule has 0 spiro atoms. The van der Waals surface area contributed by atoms with Crippen molar-refractivity contribution in [2.75, 3.05) is 0 Å². The molecular formula is C16H22. The van der Waals surface area contributed by atoms with Gasteiger partial charge in [0.25, 0.3) is 0 Å². The van der Waals surface area contributed by atoms with E-state index in [2.05, 4.69) is 56.3 Å². The molecular weight excluding hydrogens is 192 g/mol. The van der Waals surface area contributed by atoms with Crippen LogP contribution in [0.4, 0.5) is 0 Å². The van der Waals surface area contributed by atoms with Gasteiger partial charge in [-0.2, -0.15) is 0 Å². The van der Waals surface area contributed by atoms with Crippen LogP contribution in [0.1, 0.15) is 38.7 Å². The number of rotatable bonds is 4. The lowest BCUT2D eigenvalue weighted by molar-refractivity contribution is 0.202. The van der Waals surface area contributed by atoms with Gasteiger partial charge in [-0.25, -0.2) is 0 Å². The van der Waals surface area contributed by atoms with Gasteiger partial charge in [-0.1, -0.05) is 62.8 Å². The van der Waals surface area contributed by atoms with Crippen LogP contribution in [0.2, 0.25) is 0 Å². The molecule has 0 nitrogen and oxygen atoms in total. The molecule has 2 rings (SSSR count). The summed E-state index contributed by atoms with van der Waals surface area (Å²) in [6, 6.07) is 10.9. The summed E-state index contributed by atoms with van der Waals surface area (Å²) in [6.07, 6.45) is 10.2. The Morgan fingerprint density at radius 1 is 1.19 bits per heavy atom. The zero-order valence-corrected chi connectivity index (χ0v) is 10.4. The Bertz CT molecular complexity index is 342. The molecule has 0 radical (unpaired) electrons. The van der Waals surface area contributed by atoms with Gasteiger partial charge in [0.05, 0.1) is 0 Å². The van der Waals surface area contributed by atoms with Gasteiger partial charge in [-0.05, 0) is 36.2 Å². The van der Waals surface area contributed by atoms with Crippen molar-refractivity contribution in [1.29, 1.82) is 0 Å². The molecule has 1 saturated carbocycles. The van der Waals surface area contributed by atoms with Gasteiger partial charge in [0.2, 0.25) is 0 Å². The van der Waals surface area contributed by atoms with Crippen LogP contribution in [-0.4, -0.2) is 0 Å². The van der Waals surface area contributed by atoms with E-state index >= 15 is 0 Å². The van der Waals surface area contributed by atoms with Crippen LogP contribution in [0.5, 0.6) is 0 Å². The normalized spacial score (nSPS) is 18.9. The third-order valence-corrected chi connectivity index (χ3v) is 3.58. The molecule has 0 N–H and O–H groups in total. The monoisotopic (exact) mass is 214 g/mol. The zero-order valence-electron chi connectivity index (χ0n) is 10.4. The summed E-state index contributed by atoms with van der Waals surface area (Å²) in [7, 11) is 0. The molecule has 0 heterocycles. The minimum atomic E-state index is 0.478. The summed E-state index contributed by atoms with van der Waals surface area (Å²) in [5.74, 6) is 0.674. The Morgan fingerprint density at radius 2 is 1.88 bits per heavy atom. The molecule has 16 heavy (non-hydrogen) atoms. The molecule has 1 aliphatic rings. The molecule has 86 valence electrons. The smallest absolute Gasteiger partial charge is 0.00778 e. The average molecular weight is 214 g/mol. The van der Waals surface area contributed by atoms with Crippen molar-refractivity contribution in [2.45, 2.75) is 39.5 Å². The Balaban J connectivity index is 2.05. The molecule has 0 unspecified atom stereocenters. The Morgan fingerprint density at radius 3 is 2.38 bits per heavy atom. The van der Waals surface area contributed by atoms with E-state index < -0.39 is 0 Å². The lowest BCUT2D eigenvalue weighted by atomic mass is 9.65. The number of hydrogen-bond donors (Lipinski definition) is 0. The van der Waals surface area contributed by atoms with E-state index in [0.717, 1.165) is 0 Å². The zero-order chi connectivity index (χ0) is 11.4. The molecule has 1 aromatic rings. The highest BCUT2D eigenvalue weighted by atomic mass is 14.4. The highest BCUT2D eigenvalue weighted by Gasteiger charge is 2.34. The number of benzene rings is 1. The summed E-state index contributed by atoms with van der Waals surface area (Å²) in [5.41, 5.74) is 1.96. The van der Waals surface area contributed by atoms with Crippen molar-refractivity contribution in [3.8, 4) is 0 Å². The Hall–Kier alpha value is -1.04. The first-order chi connectivity index (χ1) is 7.70. The van der Waals surface area contributed by atoms with Crippen molar-refractivity contribution < 1.29 is 0 Å². The fourth-order valence-electron chi connectivity index (χ4n) is 2.43. The van der Waals surface area contributed by atoms with E-state index in [-0.39, 0.29) is 0 Å². The van der Waals surface area contributed by atoms with Crippen LogP contribution < -0.4 is 0 Å². The molecule has 1 aliphatic carbocycles. The van der Waals surface area contributed by atoms with Gasteiger partial charge >= 0.3 is 0 Å². The Labute approximate surface area is 99.4 Å². The highest BCUT2D eigenvalue weighted by molar-refractivity contribution is 5.20. The van der Waals surface area contributed by atoms with Crippen LogP contribution >= 0.6 is 0 Å². The van der Waals surface area contributed by atoms with Gasteiger partial charge in [0, 0.05) is 0 Å². The van der Waals surface area contributed by atoms with Crippen molar-refractivity contribution in [2.24, 2.45) is 11.3 Å². The quantitative estimate of drug-likeness (QED) is 0.642. The van der Waals surface area contributed by atoms with E-state index in [1.807, 2.05) is 0 Å². The molecule has 0 atom stereocenters. The highest BCUT2D eigenvalue weighted by Crippen LogP contribution is 2.45. The van der Waals surface area contributed by atoms with Crippen LogP contribution in [0, 0.1) is 11.3 Å². The van der Waals surface area contributed by atoms with E-state index in [4.69, 9.17) is 0 Å². The predicted molar refractivity (Wildman–Crippen MR) is 70.4 cm³/mol. The van der Waals surface area contributed by atoms with Gasteiger partial charge in [0.1, 0.15) is 0 Å². The summed E-state index contributed by atoms with van der Waals surface area (Å²) >= 11 is 0. The first kappa shape index (κ1) is 11.4. The fourth-order valence-corrected chi connectivity index (χ4v) is 2.43. The summed E-state index contributed by atoms with van der Waals surface area (Å²) in [6.45, 7) is 4.51. The van der Waals surface area contributed by atoms with Crippen LogP contribution in [0.25, 0.3) is 0 Å². The van der Waals surface area contributed by atoms with Gasteiger partial charge in [-0.3, -0.25) is 0 Å². The van der Waals surface area contributed by atoms with Crippen LogP contribution in [-0.2, 0) is 6.42 Å². The molecule has 0 bridgehead atoms. The molecule has 0 heteroatoms. The second kappa shape index (κ2) is 4.86. The predicted octanol–water partition coefficient (Wildman–Crippen LogP) is 4.61. The van der Waals surface area contributed by atoms with Crippen LogP contribution in [0.3, 0.4) is 0 Å². The minimum absolute atomic E-state index is 0.478. The van der Waals surface area contributed by atoms with Crippen LogP contribution in [0.15, 0.2) is 42.5 Å². The Kier molecular flexibility index (Phi) is 3.48. The maximum Gasteiger partial charge on any atom is -0.00778 e. The third kappa shape index (κ3) is 2.75. The number of allylic oxidation sites excluding steroid dienone is 2. The second-order valence-electron chi connectivity index (χ2n) is 5.48. The molecule has 0 amide bonds. The standard InChI is InChI=1S/C16H22/c1-14(2)9-12-16(10-6-11-16)13-15-7-4-3-5-8-15/h3-5,7-9,12,14H,6,10-11,13H2,1-2H3/b12-9+. The van der Waals surface area contributed by atoms with Crippen molar-refractivity contribution >= 4 is 0 Å². The molecule has 0 saturated heterocycles. The fraction of sp³-hybridized carbons (Fsp3) is 0.500. The molecule has 1 aromatic carbocycles. The topological polar surface area (TPSA) is 0 Å². The summed E-state index contributed by atoms with van der Waals surface area (Å²) < 4.78 is 0. The summed E-state index contributed by atoms with van der Waals surface area (Å²) in [4.78, 5) is 0. The van der Waals surface area contributed by atoms with Crippen molar-refractivity contribution in [3.05, 3.63) is 48.0 Å². The largest absolute Gasteiger partial charge is 0.0854 e. The van der Waals surface area contributed by atoms with E-state index in [1.165, 1.54) is 31.2 Å². The van der Waals surface area contributed by atoms with E-state index in [1.54, 1.807) is 0 Å². The van der Waals surface area contributed by atoms with Crippen molar-refractivity contribution in [3.63, 3.8) is 0 Å². The van der Waals surface area contributed by atoms with E-state index in [9.17, 15) is 0 Å². The van der Waals surface area contributed by atoms with Gasteiger partial charge in [-0.15, -0.1) is 0 Å². The first-order valence-electron chi connectivity index (χ1n) is 6.43. The SMILES string of the molecule is CC(C)/C=C/C1(Cc2ccccc2)CCC1. The molecule has 0 aliphatic heterocycles. The lowest BCUT2D eigenvalue weighted by Gasteiger charge is -2.40. The maximum absolute atomic E-state index is 2.48. The summed E-state index contributed by atoms with van der Waals surface area (Å²) in [5, 5.41) is 0. The first-order valence-corrected chi connectivity index (χ1v) is 6.43. The van der Waals surface area contributed by atoms with Gasteiger partial charge in [0.15, 0.2) is 0 Å². The lowest BCUT2D eigenvalue weighted by Crippen LogP contribution is -2.29. The second-order valence-corrected chi connectivity index (χ2v) is 5.48. The number of hydrogen-bond acceptors (Lipinski definition) is 0. The van der Waals surface area contributed by atoms with Crippen molar-refractivity contribution in [1.82, 2.24) is 0 Å². The third-order valence-electron chi connectivity index (χ3n) is 3.58. The average Bonchev–Trinajstić information content (AvgIpc) is 2.23. The molecule has 1 fully saturated rings. The van der Waals surface area contributed by atoms with E-state index in [0.29, 0.717) is 11.3 Å². The molecule has 0 aromatic heterocycles. The maximum atomic E-state index is 2.48.